The van der Waals surface area contributed by atoms with Gasteiger partial charge in [0.05, 0.1) is 18.8 Å². The summed E-state index contributed by atoms with van der Waals surface area (Å²) in [6.07, 6.45) is 2.12. The van der Waals surface area contributed by atoms with Crippen LogP contribution in [0.3, 0.4) is 0 Å². The van der Waals surface area contributed by atoms with Gasteiger partial charge in [0.2, 0.25) is 0 Å². The Balaban J connectivity index is 1.71. The lowest BCUT2D eigenvalue weighted by Gasteiger charge is -2.43. The number of ether oxygens (including phenoxy) is 1. The van der Waals surface area contributed by atoms with E-state index in [1.807, 2.05) is 36.4 Å². The van der Waals surface area contributed by atoms with E-state index in [2.05, 4.69) is 56.9 Å². The van der Waals surface area contributed by atoms with Crippen molar-refractivity contribution >= 4 is 5.78 Å². The van der Waals surface area contributed by atoms with E-state index in [1.165, 1.54) is 5.56 Å². The van der Waals surface area contributed by atoms with Crippen molar-refractivity contribution in [2.75, 3.05) is 13.1 Å². The molecular formula is C27H37NO2. The zero-order chi connectivity index (χ0) is 21.5. The zero-order valence-corrected chi connectivity index (χ0v) is 19.0. The molecule has 0 spiro atoms. The molecule has 1 aliphatic heterocycles. The summed E-state index contributed by atoms with van der Waals surface area (Å²) >= 11 is 0. The molecule has 3 heteroatoms. The normalized spacial score (nSPS) is 21.1. The third-order valence-corrected chi connectivity index (χ3v) is 6.28. The van der Waals surface area contributed by atoms with Gasteiger partial charge in [0, 0.05) is 24.6 Å². The van der Waals surface area contributed by atoms with Crippen molar-refractivity contribution in [2.45, 2.75) is 59.3 Å². The first-order chi connectivity index (χ1) is 14.5. The molecule has 3 atom stereocenters. The van der Waals surface area contributed by atoms with Gasteiger partial charge in [-0.2, -0.15) is 0 Å². The maximum absolute atomic E-state index is 13.4. The molecule has 0 N–H and O–H groups in total. The fourth-order valence-electron chi connectivity index (χ4n) is 4.56. The van der Waals surface area contributed by atoms with E-state index in [0.717, 1.165) is 31.5 Å². The molecule has 162 valence electrons. The van der Waals surface area contributed by atoms with Crippen LogP contribution < -0.4 is 0 Å². The van der Waals surface area contributed by atoms with Gasteiger partial charge in [-0.3, -0.25) is 9.69 Å². The summed E-state index contributed by atoms with van der Waals surface area (Å²) in [5.41, 5.74) is 2.05. The van der Waals surface area contributed by atoms with Crippen LogP contribution in [0.25, 0.3) is 0 Å². The molecular weight excluding hydrogens is 370 g/mol. The fourth-order valence-corrected chi connectivity index (χ4v) is 4.56. The molecule has 0 bridgehead atoms. The van der Waals surface area contributed by atoms with Crippen LogP contribution >= 0.6 is 0 Å². The Labute approximate surface area is 182 Å². The largest absolute Gasteiger partial charge is 0.373 e. The molecule has 2 aromatic carbocycles. The standard InChI is InChI=1S/C27H37NO2/c1-20(2)17-25(27(29)23-13-9-6-10-14-23)28-16-15-26(24(18-28)21(3)4)30-19-22-11-7-5-8-12-22/h5-14,20-21,24-26H,15-19H2,1-4H3. The third kappa shape index (κ3) is 6.02. The van der Waals surface area contributed by atoms with E-state index in [9.17, 15) is 4.79 Å². The highest BCUT2D eigenvalue weighted by atomic mass is 16.5. The van der Waals surface area contributed by atoms with E-state index in [4.69, 9.17) is 4.74 Å². The zero-order valence-electron chi connectivity index (χ0n) is 19.0. The lowest BCUT2D eigenvalue weighted by molar-refractivity contribution is -0.0629. The van der Waals surface area contributed by atoms with Crippen LogP contribution in [0.2, 0.25) is 0 Å². The van der Waals surface area contributed by atoms with Crippen LogP contribution in [0.15, 0.2) is 60.7 Å². The van der Waals surface area contributed by atoms with E-state index in [1.54, 1.807) is 0 Å². The van der Waals surface area contributed by atoms with Gasteiger partial charge in [-0.05, 0) is 30.2 Å². The molecule has 30 heavy (non-hydrogen) atoms. The quantitative estimate of drug-likeness (QED) is 0.489. The Hall–Kier alpha value is -1.97. The third-order valence-electron chi connectivity index (χ3n) is 6.28. The number of piperidine rings is 1. The van der Waals surface area contributed by atoms with E-state index < -0.39 is 0 Å². The highest BCUT2D eigenvalue weighted by Gasteiger charge is 2.37. The number of hydrogen-bond donors (Lipinski definition) is 0. The second kappa shape index (κ2) is 10.9. The summed E-state index contributed by atoms with van der Waals surface area (Å²) in [6, 6.07) is 20.1. The van der Waals surface area contributed by atoms with Gasteiger partial charge < -0.3 is 4.74 Å². The Bertz CT molecular complexity index is 772. The average molecular weight is 408 g/mol. The number of carbonyl (C=O) groups excluding carboxylic acids is 1. The van der Waals surface area contributed by atoms with Crippen molar-refractivity contribution in [1.29, 1.82) is 0 Å². The van der Waals surface area contributed by atoms with Gasteiger partial charge in [-0.15, -0.1) is 0 Å². The SMILES string of the molecule is CC(C)CC(C(=O)c1ccccc1)N1CCC(OCc2ccccc2)C(C(C)C)C1. The summed E-state index contributed by atoms with van der Waals surface area (Å²) < 4.78 is 6.39. The van der Waals surface area contributed by atoms with Crippen molar-refractivity contribution in [2.24, 2.45) is 17.8 Å². The smallest absolute Gasteiger partial charge is 0.179 e. The maximum Gasteiger partial charge on any atom is 0.179 e. The molecule has 0 saturated carbocycles. The number of Topliss-reactive ketones (excluding diaryl/α,β-unsaturated/α-hetero) is 1. The molecule has 1 saturated heterocycles. The Morgan fingerprint density at radius 1 is 1.00 bits per heavy atom. The van der Waals surface area contributed by atoms with E-state index in [0.29, 0.717) is 24.4 Å². The number of benzene rings is 2. The number of hydrogen-bond acceptors (Lipinski definition) is 3. The topological polar surface area (TPSA) is 29.5 Å². The van der Waals surface area contributed by atoms with E-state index in [-0.39, 0.29) is 17.9 Å². The Morgan fingerprint density at radius 3 is 2.23 bits per heavy atom. The van der Waals surface area contributed by atoms with Crippen molar-refractivity contribution in [3.8, 4) is 0 Å². The molecule has 3 rings (SSSR count). The molecule has 2 aromatic rings. The van der Waals surface area contributed by atoms with Crippen molar-refractivity contribution in [3.05, 3.63) is 71.8 Å². The monoisotopic (exact) mass is 407 g/mol. The summed E-state index contributed by atoms with van der Waals surface area (Å²) in [5, 5.41) is 0. The minimum absolute atomic E-state index is 0.0521. The number of rotatable bonds is 9. The molecule has 0 aliphatic carbocycles. The molecule has 0 radical (unpaired) electrons. The Morgan fingerprint density at radius 2 is 1.63 bits per heavy atom. The molecule has 0 amide bonds. The lowest BCUT2D eigenvalue weighted by Crippen LogP contribution is -2.52. The van der Waals surface area contributed by atoms with Crippen molar-refractivity contribution in [3.63, 3.8) is 0 Å². The number of carbonyl (C=O) groups is 1. The summed E-state index contributed by atoms with van der Waals surface area (Å²) in [6.45, 7) is 11.5. The van der Waals surface area contributed by atoms with Gasteiger partial charge in [-0.1, -0.05) is 88.4 Å². The highest BCUT2D eigenvalue weighted by molar-refractivity contribution is 6.00. The molecule has 1 heterocycles. The van der Waals surface area contributed by atoms with Gasteiger partial charge >= 0.3 is 0 Å². The Kier molecular flexibility index (Phi) is 8.24. The van der Waals surface area contributed by atoms with Crippen molar-refractivity contribution < 1.29 is 9.53 Å². The van der Waals surface area contributed by atoms with E-state index >= 15 is 0 Å². The summed E-state index contributed by atoms with van der Waals surface area (Å²) in [5.74, 6) is 1.68. The first-order valence-electron chi connectivity index (χ1n) is 11.4. The predicted octanol–water partition coefficient (Wildman–Crippen LogP) is 5.85. The molecule has 1 aliphatic rings. The number of ketones is 1. The summed E-state index contributed by atoms with van der Waals surface area (Å²) in [7, 11) is 0. The van der Waals surface area contributed by atoms with Crippen molar-refractivity contribution in [1.82, 2.24) is 4.90 Å². The summed E-state index contributed by atoms with van der Waals surface area (Å²) in [4.78, 5) is 15.8. The second-order valence-corrected chi connectivity index (χ2v) is 9.40. The van der Waals surface area contributed by atoms with Crippen LogP contribution in [0.1, 0.15) is 56.5 Å². The van der Waals surface area contributed by atoms with Gasteiger partial charge in [0.1, 0.15) is 0 Å². The number of nitrogens with zero attached hydrogens (tertiary/aromatic N) is 1. The van der Waals surface area contributed by atoms with Crippen LogP contribution in [-0.4, -0.2) is 35.9 Å². The first-order valence-corrected chi connectivity index (χ1v) is 11.4. The molecule has 1 fully saturated rings. The molecule has 3 unspecified atom stereocenters. The van der Waals surface area contributed by atoms with Crippen LogP contribution in [-0.2, 0) is 11.3 Å². The van der Waals surface area contributed by atoms with Crippen LogP contribution in [0.5, 0.6) is 0 Å². The van der Waals surface area contributed by atoms with Gasteiger partial charge in [-0.25, -0.2) is 0 Å². The predicted molar refractivity (Wildman–Crippen MR) is 124 cm³/mol. The lowest BCUT2D eigenvalue weighted by atomic mass is 9.83. The maximum atomic E-state index is 13.4. The molecule has 3 nitrogen and oxygen atoms in total. The molecule has 0 aromatic heterocycles. The minimum atomic E-state index is -0.0521. The number of likely N-dealkylation sites (tertiary alicyclic amines) is 1. The van der Waals surface area contributed by atoms with Crippen LogP contribution in [0, 0.1) is 17.8 Å². The fraction of sp³-hybridized carbons (Fsp3) is 0.519. The second-order valence-electron chi connectivity index (χ2n) is 9.40. The van der Waals surface area contributed by atoms with Crippen LogP contribution in [0.4, 0.5) is 0 Å². The average Bonchev–Trinajstić information content (AvgIpc) is 2.76. The van der Waals surface area contributed by atoms with Gasteiger partial charge in [0.15, 0.2) is 5.78 Å². The highest BCUT2D eigenvalue weighted by Crippen LogP contribution is 2.30. The first kappa shape index (κ1) is 22.7. The van der Waals surface area contributed by atoms with Gasteiger partial charge in [0.25, 0.3) is 0 Å². The minimum Gasteiger partial charge on any atom is -0.373 e.